The third kappa shape index (κ3) is 7.82. The second-order valence-corrected chi connectivity index (χ2v) is 11.3. The van der Waals surface area contributed by atoms with E-state index in [1.807, 2.05) is 57.2 Å². The van der Waals surface area contributed by atoms with Gasteiger partial charge in [0.2, 0.25) is 5.88 Å². The fourth-order valence-electron chi connectivity index (χ4n) is 4.95. The molecule has 0 saturated carbocycles. The number of carbonyl (C=O) groups is 2. The number of rotatable bonds is 7. The third-order valence-electron chi connectivity index (χ3n) is 6.98. The highest BCUT2D eigenvalue weighted by Gasteiger charge is 2.35. The Hall–Kier alpha value is -4.50. The van der Waals surface area contributed by atoms with Crippen LogP contribution >= 0.6 is 0 Å². The number of likely N-dealkylation sites (tertiary alicyclic amines) is 1. The Balaban J connectivity index is 1.25. The van der Waals surface area contributed by atoms with Crippen LogP contribution in [0.4, 0.5) is 9.59 Å². The van der Waals surface area contributed by atoms with Gasteiger partial charge in [0.25, 0.3) is 0 Å². The molecule has 218 valence electrons. The Morgan fingerprint density at radius 3 is 2.43 bits per heavy atom. The maximum Gasteiger partial charge on any atom is 0.515 e. The second kappa shape index (κ2) is 13.0. The molecule has 4 aromatic rings. The molecule has 1 amide bonds. The van der Waals surface area contributed by atoms with Gasteiger partial charge in [-0.05, 0) is 60.7 Å². The van der Waals surface area contributed by atoms with Crippen molar-refractivity contribution in [3.05, 3.63) is 102 Å². The Kier molecular flexibility index (Phi) is 8.97. The van der Waals surface area contributed by atoms with Crippen LogP contribution in [-0.2, 0) is 27.4 Å². The molecule has 2 atom stereocenters. The molecule has 1 aromatic heterocycles. The van der Waals surface area contributed by atoms with Crippen LogP contribution in [0.1, 0.15) is 49.8 Å². The minimum absolute atomic E-state index is 0.0539. The van der Waals surface area contributed by atoms with E-state index in [0.29, 0.717) is 19.7 Å². The van der Waals surface area contributed by atoms with Gasteiger partial charge in [0.1, 0.15) is 12.2 Å². The first-order chi connectivity index (χ1) is 20.2. The number of piperidine rings is 1. The number of hydrogen-bond donors (Lipinski definition) is 0. The van der Waals surface area contributed by atoms with Crippen LogP contribution in [0.25, 0.3) is 10.8 Å². The number of hydrogen-bond acceptors (Lipinski definition) is 8. The molecule has 0 aliphatic carbocycles. The quantitative estimate of drug-likeness (QED) is 0.228. The van der Waals surface area contributed by atoms with Gasteiger partial charge in [0.15, 0.2) is 0 Å². The molecule has 2 heterocycles. The number of ether oxygens (including phenoxy) is 4. The molecule has 3 aromatic carbocycles. The van der Waals surface area contributed by atoms with Gasteiger partial charge in [-0.25, -0.2) is 14.6 Å². The molecule has 0 bridgehead atoms. The van der Waals surface area contributed by atoms with Gasteiger partial charge in [-0.15, -0.1) is 0 Å². The molecule has 1 aliphatic rings. The zero-order valence-electron chi connectivity index (χ0n) is 24.1. The van der Waals surface area contributed by atoms with E-state index in [2.05, 4.69) is 40.3 Å². The zero-order valence-corrected chi connectivity index (χ0v) is 24.1. The van der Waals surface area contributed by atoms with Gasteiger partial charge >= 0.3 is 12.2 Å². The minimum Gasteiger partial charge on any atom is -0.444 e. The highest BCUT2D eigenvalue weighted by Crippen LogP contribution is 2.32. The van der Waals surface area contributed by atoms with E-state index in [9.17, 15) is 9.59 Å². The Morgan fingerprint density at radius 2 is 1.69 bits per heavy atom. The summed E-state index contributed by atoms with van der Waals surface area (Å²) in [7, 11) is 0. The largest absolute Gasteiger partial charge is 0.515 e. The Bertz CT molecular complexity index is 1500. The Morgan fingerprint density at radius 1 is 0.929 bits per heavy atom. The predicted molar refractivity (Wildman–Crippen MR) is 157 cm³/mol. The van der Waals surface area contributed by atoms with Gasteiger partial charge in [0, 0.05) is 24.9 Å². The second-order valence-electron chi connectivity index (χ2n) is 11.3. The van der Waals surface area contributed by atoms with Crippen molar-refractivity contribution in [3.8, 4) is 5.88 Å². The van der Waals surface area contributed by atoms with Crippen molar-refractivity contribution in [2.24, 2.45) is 0 Å². The summed E-state index contributed by atoms with van der Waals surface area (Å²) >= 11 is 0. The van der Waals surface area contributed by atoms with E-state index in [1.165, 1.54) is 24.0 Å². The van der Waals surface area contributed by atoms with Gasteiger partial charge in [0.05, 0.1) is 25.5 Å². The highest BCUT2D eigenvalue weighted by atomic mass is 16.7. The van der Waals surface area contributed by atoms with Gasteiger partial charge < -0.3 is 23.8 Å². The summed E-state index contributed by atoms with van der Waals surface area (Å²) in [5.74, 6) is 0.144. The fourth-order valence-corrected chi connectivity index (χ4v) is 4.95. The molecule has 0 radical (unpaired) electrons. The lowest BCUT2D eigenvalue weighted by molar-refractivity contribution is -0.0359. The van der Waals surface area contributed by atoms with Crippen molar-refractivity contribution in [3.63, 3.8) is 0 Å². The standard InChI is InChI=1S/C33H35N3O6/c1-33(2,3)42-31(37)36-17-14-28(29(20-36)39-22-24-10-11-25-6-4-5-7-27(25)18-24)26-12-8-23(9-13-26)21-40-32(38)41-30-19-34-15-16-35-30/h4-13,15-16,18-19,28-29H,14,17,20-22H2,1-3H3. The van der Waals surface area contributed by atoms with E-state index < -0.39 is 11.8 Å². The van der Waals surface area contributed by atoms with Crippen molar-refractivity contribution in [2.45, 2.75) is 58.0 Å². The summed E-state index contributed by atoms with van der Waals surface area (Å²) in [5.41, 5.74) is 2.40. The number of aromatic nitrogens is 2. The maximum absolute atomic E-state index is 12.9. The van der Waals surface area contributed by atoms with Crippen molar-refractivity contribution < 1.29 is 28.5 Å². The monoisotopic (exact) mass is 569 g/mol. The van der Waals surface area contributed by atoms with Crippen LogP contribution in [0.3, 0.4) is 0 Å². The number of amides is 1. The molecule has 1 saturated heterocycles. The summed E-state index contributed by atoms with van der Waals surface area (Å²) in [6.07, 6.45) is 3.56. The van der Waals surface area contributed by atoms with Crippen molar-refractivity contribution in [1.82, 2.24) is 14.9 Å². The summed E-state index contributed by atoms with van der Waals surface area (Å²) < 4.78 is 22.4. The van der Waals surface area contributed by atoms with Crippen LogP contribution in [0.5, 0.6) is 5.88 Å². The van der Waals surface area contributed by atoms with E-state index >= 15 is 0 Å². The van der Waals surface area contributed by atoms with Gasteiger partial charge in [-0.1, -0.05) is 60.7 Å². The van der Waals surface area contributed by atoms with Crippen LogP contribution in [0, 0.1) is 0 Å². The average Bonchev–Trinajstić information content (AvgIpc) is 2.99. The van der Waals surface area contributed by atoms with Crippen LogP contribution < -0.4 is 4.74 Å². The molecule has 1 aliphatic heterocycles. The molecule has 5 rings (SSSR count). The summed E-state index contributed by atoms with van der Waals surface area (Å²) in [5, 5.41) is 2.34. The molecule has 0 spiro atoms. The zero-order chi connectivity index (χ0) is 29.5. The molecular weight excluding hydrogens is 534 g/mol. The van der Waals surface area contributed by atoms with Crippen molar-refractivity contribution in [1.29, 1.82) is 0 Å². The van der Waals surface area contributed by atoms with Gasteiger partial charge in [-0.3, -0.25) is 4.98 Å². The average molecular weight is 570 g/mol. The van der Waals surface area contributed by atoms with E-state index in [1.54, 1.807) is 4.90 Å². The first kappa shape index (κ1) is 29.0. The molecule has 2 unspecified atom stereocenters. The molecule has 9 heteroatoms. The number of carbonyl (C=O) groups excluding carboxylic acids is 2. The molecule has 0 N–H and O–H groups in total. The number of benzene rings is 3. The lowest BCUT2D eigenvalue weighted by Crippen LogP contribution is -2.48. The SMILES string of the molecule is CC(C)(C)OC(=O)N1CCC(c2ccc(COC(=O)Oc3cnccn3)cc2)C(OCc2ccc3ccccc3c2)C1. The Labute approximate surface area is 245 Å². The summed E-state index contributed by atoms with van der Waals surface area (Å²) in [6, 6.07) is 22.4. The summed E-state index contributed by atoms with van der Waals surface area (Å²) in [4.78, 5) is 34.4. The molecular formula is C33H35N3O6. The maximum atomic E-state index is 12.9. The lowest BCUT2D eigenvalue weighted by Gasteiger charge is -2.39. The van der Waals surface area contributed by atoms with Crippen LogP contribution in [0.2, 0.25) is 0 Å². The van der Waals surface area contributed by atoms with Crippen molar-refractivity contribution >= 4 is 23.0 Å². The smallest absolute Gasteiger partial charge is 0.444 e. The third-order valence-corrected chi connectivity index (χ3v) is 6.98. The first-order valence-corrected chi connectivity index (χ1v) is 14.0. The summed E-state index contributed by atoms with van der Waals surface area (Å²) in [6.45, 7) is 7.07. The lowest BCUT2D eigenvalue weighted by atomic mass is 9.86. The minimum atomic E-state index is -0.851. The highest BCUT2D eigenvalue weighted by molar-refractivity contribution is 5.82. The molecule has 42 heavy (non-hydrogen) atoms. The van der Waals surface area contributed by atoms with E-state index in [0.717, 1.165) is 28.5 Å². The van der Waals surface area contributed by atoms with Gasteiger partial charge in [-0.2, -0.15) is 0 Å². The van der Waals surface area contributed by atoms with Crippen LogP contribution in [0.15, 0.2) is 85.3 Å². The van der Waals surface area contributed by atoms with Crippen LogP contribution in [-0.4, -0.2) is 51.9 Å². The number of fused-ring (bicyclic) bond motifs is 1. The fraction of sp³-hybridized carbons (Fsp3) is 0.333. The predicted octanol–water partition coefficient (Wildman–Crippen LogP) is 6.66. The van der Waals surface area contributed by atoms with E-state index in [4.69, 9.17) is 18.9 Å². The molecule has 1 fully saturated rings. The number of nitrogens with zero attached hydrogens (tertiary/aromatic N) is 3. The molecule has 9 nitrogen and oxygen atoms in total. The normalized spacial score (nSPS) is 17.1. The first-order valence-electron chi connectivity index (χ1n) is 14.0. The topological polar surface area (TPSA) is 100 Å². The van der Waals surface area contributed by atoms with Crippen molar-refractivity contribution in [2.75, 3.05) is 13.1 Å². The van der Waals surface area contributed by atoms with E-state index in [-0.39, 0.29) is 30.6 Å².